The van der Waals surface area contributed by atoms with Gasteiger partial charge in [0.2, 0.25) is 5.91 Å². The van der Waals surface area contributed by atoms with Crippen molar-refractivity contribution < 1.29 is 14.3 Å². The summed E-state index contributed by atoms with van der Waals surface area (Å²) in [7, 11) is 1.32. The summed E-state index contributed by atoms with van der Waals surface area (Å²) in [4.78, 5) is 25.3. The first-order valence-corrected chi connectivity index (χ1v) is 6.99. The van der Waals surface area contributed by atoms with Crippen molar-refractivity contribution in [3.63, 3.8) is 0 Å². The van der Waals surface area contributed by atoms with Gasteiger partial charge in [-0.2, -0.15) is 0 Å². The second-order valence-electron chi connectivity index (χ2n) is 5.80. The minimum absolute atomic E-state index is 0.0464. The van der Waals surface area contributed by atoms with E-state index in [-0.39, 0.29) is 12.5 Å². The van der Waals surface area contributed by atoms with Crippen molar-refractivity contribution in [3.8, 4) is 0 Å². The maximum absolute atomic E-state index is 12.3. The molecule has 0 saturated carbocycles. The number of carbonyl (C=O) groups is 2. The summed E-state index contributed by atoms with van der Waals surface area (Å²) < 4.78 is 4.66. The van der Waals surface area contributed by atoms with Crippen LogP contribution < -0.4 is 5.73 Å². The smallest absolute Gasteiger partial charge is 0.325 e. The number of rotatable bonds is 7. The molecule has 1 aromatic carbocycles. The zero-order valence-electron chi connectivity index (χ0n) is 13.0. The first kappa shape index (κ1) is 17.2. The first-order chi connectivity index (χ1) is 9.81. The molecule has 1 aromatic rings. The second kappa shape index (κ2) is 7.78. The molecule has 0 heterocycles. The Bertz CT molecular complexity index is 466. The second-order valence-corrected chi connectivity index (χ2v) is 5.80. The topological polar surface area (TPSA) is 72.6 Å². The van der Waals surface area contributed by atoms with Gasteiger partial charge < -0.3 is 15.4 Å². The highest BCUT2D eigenvalue weighted by Gasteiger charge is 2.20. The van der Waals surface area contributed by atoms with Gasteiger partial charge in [-0.05, 0) is 25.8 Å². The Labute approximate surface area is 126 Å². The van der Waals surface area contributed by atoms with Gasteiger partial charge in [-0.15, -0.1) is 0 Å². The number of nitrogens with two attached hydrogens (primary N) is 1. The van der Waals surface area contributed by atoms with E-state index in [0.29, 0.717) is 19.4 Å². The highest BCUT2D eigenvalue weighted by molar-refractivity contribution is 5.82. The molecule has 0 unspecified atom stereocenters. The van der Waals surface area contributed by atoms with Gasteiger partial charge >= 0.3 is 5.97 Å². The average molecular weight is 292 g/mol. The van der Waals surface area contributed by atoms with Crippen molar-refractivity contribution in [1.82, 2.24) is 4.90 Å². The van der Waals surface area contributed by atoms with E-state index in [1.54, 1.807) is 0 Å². The monoisotopic (exact) mass is 292 g/mol. The molecular weight excluding hydrogens is 268 g/mol. The largest absolute Gasteiger partial charge is 0.468 e. The lowest BCUT2D eigenvalue weighted by atomic mass is 9.99. The van der Waals surface area contributed by atoms with Gasteiger partial charge in [0.05, 0.1) is 7.11 Å². The molecule has 1 amide bonds. The van der Waals surface area contributed by atoms with Gasteiger partial charge in [-0.25, -0.2) is 0 Å². The molecule has 0 aliphatic heterocycles. The van der Waals surface area contributed by atoms with Crippen LogP contribution in [0.25, 0.3) is 0 Å². The normalized spacial score (nSPS) is 11.0. The quantitative estimate of drug-likeness (QED) is 0.776. The van der Waals surface area contributed by atoms with E-state index in [0.717, 1.165) is 5.56 Å². The molecular formula is C16H24N2O3. The molecule has 0 atom stereocenters. The van der Waals surface area contributed by atoms with Crippen LogP contribution in [0, 0.1) is 0 Å². The Kier molecular flexibility index (Phi) is 6.37. The number of benzene rings is 1. The Hall–Kier alpha value is -1.88. The lowest BCUT2D eigenvalue weighted by Gasteiger charge is -2.24. The maximum atomic E-state index is 12.3. The van der Waals surface area contributed by atoms with Crippen LogP contribution in [0.4, 0.5) is 0 Å². The zero-order chi connectivity index (χ0) is 15.9. The van der Waals surface area contributed by atoms with E-state index < -0.39 is 11.5 Å². The third-order valence-electron chi connectivity index (χ3n) is 3.10. The van der Waals surface area contributed by atoms with Crippen LogP contribution in [0.5, 0.6) is 0 Å². The molecule has 0 radical (unpaired) electrons. The van der Waals surface area contributed by atoms with Crippen LogP contribution >= 0.6 is 0 Å². The standard InChI is InChI=1S/C16H24N2O3/c1-16(2,17)10-9-14(19)18(12-15(20)21-3)11-13-7-5-4-6-8-13/h4-8H,9-12,17H2,1-3H3. The third-order valence-corrected chi connectivity index (χ3v) is 3.10. The number of nitrogens with zero attached hydrogens (tertiary/aromatic N) is 1. The molecule has 0 aromatic heterocycles. The first-order valence-electron chi connectivity index (χ1n) is 6.99. The van der Waals surface area contributed by atoms with Crippen LogP contribution in [-0.4, -0.2) is 36.0 Å². The Balaban J connectivity index is 2.72. The Morgan fingerprint density at radius 1 is 1.24 bits per heavy atom. The number of hydrogen-bond acceptors (Lipinski definition) is 4. The summed E-state index contributed by atoms with van der Waals surface area (Å²) in [5, 5.41) is 0. The Morgan fingerprint density at radius 3 is 2.38 bits per heavy atom. The average Bonchev–Trinajstić information content (AvgIpc) is 2.44. The van der Waals surface area contributed by atoms with Crippen molar-refractivity contribution in [2.24, 2.45) is 5.73 Å². The van der Waals surface area contributed by atoms with Gasteiger partial charge in [-0.3, -0.25) is 9.59 Å². The lowest BCUT2D eigenvalue weighted by Crippen LogP contribution is -2.38. The number of ether oxygens (including phenoxy) is 1. The molecule has 0 aliphatic carbocycles. The molecule has 0 aliphatic rings. The number of methoxy groups -OCH3 is 1. The molecule has 1 rings (SSSR count). The van der Waals surface area contributed by atoms with Crippen LogP contribution in [0.1, 0.15) is 32.3 Å². The molecule has 0 fully saturated rings. The minimum atomic E-state index is -0.425. The number of amides is 1. The summed E-state index contributed by atoms with van der Waals surface area (Å²) in [5.41, 5.74) is 6.47. The minimum Gasteiger partial charge on any atom is -0.468 e. The Morgan fingerprint density at radius 2 is 1.86 bits per heavy atom. The van der Waals surface area contributed by atoms with Crippen LogP contribution in [-0.2, 0) is 20.9 Å². The van der Waals surface area contributed by atoms with Crippen molar-refractivity contribution >= 4 is 11.9 Å². The van der Waals surface area contributed by atoms with Crippen LogP contribution in [0.2, 0.25) is 0 Å². The predicted molar refractivity (Wildman–Crippen MR) is 81.4 cm³/mol. The van der Waals surface area contributed by atoms with Crippen molar-refractivity contribution in [2.45, 2.75) is 38.8 Å². The third kappa shape index (κ3) is 6.90. The van der Waals surface area contributed by atoms with E-state index in [2.05, 4.69) is 4.74 Å². The molecule has 21 heavy (non-hydrogen) atoms. The number of carbonyl (C=O) groups excluding carboxylic acids is 2. The highest BCUT2D eigenvalue weighted by Crippen LogP contribution is 2.12. The zero-order valence-corrected chi connectivity index (χ0v) is 13.0. The molecule has 0 spiro atoms. The van der Waals surface area contributed by atoms with Crippen molar-refractivity contribution in [1.29, 1.82) is 0 Å². The number of hydrogen-bond donors (Lipinski definition) is 1. The fourth-order valence-corrected chi connectivity index (χ4v) is 1.84. The van der Waals surface area contributed by atoms with Gasteiger partial charge in [0, 0.05) is 18.5 Å². The summed E-state index contributed by atoms with van der Waals surface area (Å²) in [6, 6.07) is 9.56. The summed E-state index contributed by atoms with van der Waals surface area (Å²) in [5.74, 6) is -0.519. The van der Waals surface area contributed by atoms with Crippen LogP contribution in [0.3, 0.4) is 0 Å². The van der Waals surface area contributed by atoms with Crippen molar-refractivity contribution in [2.75, 3.05) is 13.7 Å². The van der Waals surface area contributed by atoms with E-state index >= 15 is 0 Å². The predicted octanol–water partition coefficient (Wildman–Crippen LogP) is 1.71. The van der Waals surface area contributed by atoms with Gasteiger partial charge in [-0.1, -0.05) is 30.3 Å². The summed E-state index contributed by atoms with van der Waals surface area (Å²) in [6.45, 7) is 4.10. The fourth-order valence-electron chi connectivity index (χ4n) is 1.84. The van der Waals surface area contributed by atoms with E-state index in [4.69, 9.17) is 5.73 Å². The van der Waals surface area contributed by atoms with E-state index in [9.17, 15) is 9.59 Å². The van der Waals surface area contributed by atoms with Gasteiger partial charge in [0.1, 0.15) is 6.54 Å². The van der Waals surface area contributed by atoms with Gasteiger partial charge in [0.25, 0.3) is 0 Å². The number of esters is 1. The SMILES string of the molecule is COC(=O)CN(Cc1ccccc1)C(=O)CCC(C)(C)N. The van der Waals surface area contributed by atoms with E-state index in [1.165, 1.54) is 12.0 Å². The lowest BCUT2D eigenvalue weighted by molar-refractivity contribution is -0.147. The van der Waals surface area contributed by atoms with E-state index in [1.807, 2.05) is 44.2 Å². The fraction of sp³-hybridized carbons (Fsp3) is 0.500. The molecule has 2 N–H and O–H groups in total. The van der Waals surface area contributed by atoms with Gasteiger partial charge in [0.15, 0.2) is 0 Å². The molecule has 116 valence electrons. The summed E-state index contributed by atoms with van der Waals surface area (Å²) >= 11 is 0. The molecule has 5 nitrogen and oxygen atoms in total. The molecule has 0 saturated heterocycles. The van der Waals surface area contributed by atoms with Crippen LogP contribution in [0.15, 0.2) is 30.3 Å². The molecule has 0 bridgehead atoms. The maximum Gasteiger partial charge on any atom is 0.325 e. The van der Waals surface area contributed by atoms with Crippen molar-refractivity contribution in [3.05, 3.63) is 35.9 Å². The highest BCUT2D eigenvalue weighted by atomic mass is 16.5. The summed E-state index contributed by atoms with van der Waals surface area (Å²) in [6.07, 6.45) is 0.881. The molecule has 5 heteroatoms.